The van der Waals surface area contributed by atoms with Crippen LogP contribution in [0.25, 0.3) is 0 Å². The molecule has 3 aromatic rings. The van der Waals surface area contributed by atoms with E-state index in [0.717, 1.165) is 5.56 Å². The topological polar surface area (TPSA) is 88.1 Å². The molecular formula is C27H24ClN3O4S. The molecule has 9 heteroatoms. The third-order valence-corrected chi connectivity index (χ3v) is 6.73. The molecule has 3 aromatic carbocycles. The van der Waals surface area contributed by atoms with Gasteiger partial charge in [0.2, 0.25) is 11.8 Å². The van der Waals surface area contributed by atoms with Crippen molar-refractivity contribution in [1.29, 1.82) is 0 Å². The maximum absolute atomic E-state index is 13.2. The molecule has 4 rings (SSSR count). The number of carbonyl (C=O) groups excluding carboxylic acids is 3. The summed E-state index contributed by atoms with van der Waals surface area (Å²) in [6.07, 6.45) is 0.0266. The van der Waals surface area contributed by atoms with Gasteiger partial charge < -0.3 is 10.1 Å². The fourth-order valence-corrected chi connectivity index (χ4v) is 4.83. The van der Waals surface area contributed by atoms with Gasteiger partial charge in [-0.3, -0.25) is 14.5 Å². The molecule has 1 aliphatic heterocycles. The highest BCUT2D eigenvalue weighted by molar-refractivity contribution is 8.15. The van der Waals surface area contributed by atoms with E-state index >= 15 is 0 Å². The number of anilines is 1. The van der Waals surface area contributed by atoms with Crippen molar-refractivity contribution in [3.05, 3.63) is 95.0 Å². The van der Waals surface area contributed by atoms with Gasteiger partial charge in [-0.1, -0.05) is 59.8 Å². The first-order valence-corrected chi connectivity index (χ1v) is 12.6. The van der Waals surface area contributed by atoms with E-state index < -0.39 is 11.2 Å². The average Bonchev–Trinajstić information content (AvgIpc) is 2.87. The molecule has 0 saturated carbocycles. The Hall–Kier alpha value is -3.62. The number of hydrogen-bond donors (Lipinski definition) is 1. The summed E-state index contributed by atoms with van der Waals surface area (Å²) in [7, 11) is 0. The van der Waals surface area contributed by atoms with E-state index in [-0.39, 0.29) is 24.8 Å². The zero-order valence-electron chi connectivity index (χ0n) is 19.5. The van der Waals surface area contributed by atoms with E-state index in [2.05, 4.69) is 10.3 Å². The molecule has 1 aliphatic rings. The van der Waals surface area contributed by atoms with Gasteiger partial charge in [-0.25, -0.2) is 9.79 Å². The molecule has 0 radical (unpaired) electrons. The SMILES string of the molecule is CCOC(=O)c1ccc(NC(=O)C2CC(=O)N(Cc3ccccc3)C(=Nc3cccc(Cl)c3)S2)cc1. The Bertz CT molecular complexity index is 1280. The van der Waals surface area contributed by atoms with Gasteiger partial charge in [0.15, 0.2) is 5.17 Å². The maximum atomic E-state index is 13.2. The Morgan fingerprint density at radius 2 is 1.83 bits per heavy atom. The van der Waals surface area contributed by atoms with Gasteiger partial charge in [-0.05, 0) is 55.0 Å². The van der Waals surface area contributed by atoms with Crippen LogP contribution >= 0.6 is 23.4 Å². The zero-order valence-corrected chi connectivity index (χ0v) is 21.1. The van der Waals surface area contributed by atoms with E-state index in [1.807, 2.05) is 30.3 Å². The number of esters is 1. The molecule has 0 aliphatic carbocycles. The highest BCUT2D eigenvalue weighted by atomic mass is 35.5. The molecule has 1 N–H and O–H groups in total. The van der Waals surface area contributed by atoms with Gasteiger partial charge in [0.05, 0.1) is 24.4 Å². The molecule has 2 amide bonds. The number of hydrogen-bond acceptors (Lipinski definition) is 6. The van der Waals surface area contributed by atoms with Crippen LogP contribution in [0.15, 0.2) is 83.9 Å². The second kappa shape index (κ2) is 11.9. The van der Waals surface area contributed by atoms with Crippen molar-refractivity contribution in [3.63, 3.8) is 0 Å². The smallest absolute Gasteiger partial charge is 0.338 e. The summed E-state index contributed by atoms with van der Waals surface area (Å²) in [5, 5.41) is 3.11. The lowest BCUT2D eigenvalue weighted by Crippen LogP contribution is -2.44. The first kappa shape index (κ1) is 25.5. The molecule has 1 fully saturated rings. The third kappa shape index (κ3) is 6.53. The number of aliphatic imine (C=N–C) groups is 1. The molecule has 1 heterocycles. The molecule has 1 saturated heterocycles. The van der Waals surface area contributed by atoms with Gasteiger partial charge in [-0.2, -0.15) is 0 Å². The van der Waals surface area contributed by atoms with Crippen LogP contribution < -0.4 is 5.32 Å². The Balaban J connectivity index is 1.53. The Labute approximate surface area is 218 Å². The second-order valence-electron chi connectivity index (χ2n) is 7.94. The normalized spacial score (nSPS) is 16.6. The van der Waals surface area contributed by atoms with E-state index in [0.29, 0.717) is 33.7 Å². The number of amidine groups is 1. The molecule has 184 valence electrons. The van der Waals surface area contributed by atoms with Crippen molar-refractivity contribution in [1.82, 2.24) is 4.90 Å². The van der Waals surface area contributed by atoms with Crippen LogP contribution in [0.4, 0.5) is 11.4 Å². The Kier molecular flexibility index (Phi) is 8.40. The summed E-state index contributed by atoms with van der Waals surface area (Å²) in [4.78, 5) is 44.4. The highest BCUT2D eigenvalue weighted by Crippen LogP contribution is 2.31. The van der Waals surface area contributed by atoms with Crippen LogP contribution in [-0.2, 0) is 20.9 Å². The van der Waals surface area contributed by atoms with E-state index in [1.54, 1.807) is 60.4 Å². The van der Waals surface area contributed by atoms with Gasteiger partial charge in [0, 0.05) is 17.1 Å². The maximum Gasteiger partial charge on any atom is 0.338 e. The molecular weight excluding hydrogens is 498 g/mol. The van der Waals surface area contributed by atoms with Crippen molar-refractivity contribution in [2.75, 3.05) is 11.9 Å². The Morgan fingerprint density at radius 1 is 1.08 bits per heavy atom. The summed E-state index contributed by atoms with van der Waals surface area (Å²) in [5.41, 5.74) is 2.45. The van der Waals surface area contributed by atoms with Gasteiger partial charge in [0.25, 0.3) is 0 Å². The summed E-state index contributed by atoms with van der Waals surface area (Å²) >= 11 is 7.36. The van der Waals surface area contributed by atoms with Crippen LogP contribution in [0.1, 0.15) is 29.3 Å². The minimum absolute atomic E-state index is 0.0266. The van der Waals surface area contributed by atoms with E-state index in [9.17, 15) is 14.4 Å². The van der Waals surface area contributed by atoms with Crippen LogP contribution in [0.5, 0.6) is 0 Å². The average molecular weight is 522 g/mol. The molecule has 0 bridgehead atoms. The second-order valence-corrected chi connectivity index (χ2v) is 9.54. The van der Waals surface area contributed by atoms with Crippen LogP contribution in [0.2, 0.25) is 5.02 Å². The number of nitrogens with zero attached hydrogens (tertiary/aromatic N) is 2. The first-order valence-electron chi connectivity index (χ1n) is 11.4. The monoisotopic (exact) mass is 521 g/mol. The first-order chi connectivity index (χ1) is 17.4. The fourth-order valence-electron chi connectivity index (χ4n) is 3.55. The van der Waals surface area contributed by atoms with Gasteiger partial charge in [-0.15, -0.1) is 0 Å². The van der Waals surface area contributed by atoms with Gasteiger partial charge >= 0.3 is 5.97 Å². The number of ether oxygens (including phenoxy) is 1. The van der Waals surface area contributed by atoms with Crippen molar-refractivity contribution < 1.29 is 19.1 Å². The van der Waals surface area contributed by atoms with Crippen molar-refractivity contribution in [2.24, 2.45) is 4.99 Å². The molecule has 1 atom stereocenters. The van der Waals surface area contributed by atoms with Crippen LogP contribution in [0, 0.1) is 0 Å². The quantitative estimate of drug-likeness (QED) is 0.404. The number of amides is 2. The predicted octanol–water partition coefficient (Wildman–Crippen LogP) is 5.68. The fraction of sp³-hybridized carbons (Fsp3) is 0.185. The molecule has 1 unspecified atom stereocenters. The number of halogens is 1. The Morgan fingerprint density at radius 3 is 2.53 bits per heavy atom. The highest BCUT2D eigenvalue weighted by Gasteiger charge is 2.36. The summed E-state index contributed by atoms with van der Waals surface area (Å²) in [6.45, 7) is 2.36. The number of thioether (sulfide) groups is 1. The minimum Gasteiger partial charge on any atom is -0.462 e. The molecule has 7 nitrogen and oxygen atoms in total. The minimum atomic E-state index is -0.674. The number of benzene rings is 3. The van der Waals surface area contributed by atoms with E-state index in [4.69, 9.17) is 16.3 Å². The molecule has 0 aromatic heterocycles. The zero-order chi connectivity index (χ0) is 25.5. The largest absolute Gasteiger partial charge is 0.462 e. The summed E-state index contributed by atoms with van der Waals surface area (Å²) in [6, 6.07) is 23.1. The lowest BCUT2D eigenvalue weighted by molar-refractivity contribution is -0.129. The van der Waals surface area contributed by atoms with Crippen molar-refractivity contribution in [2.45, 2.75) is 25.1 Å². The standard InChI is InChI=1S/C27H24ClN3O4S/c1-2-35-26(34)19-11-13-21(14-12-19)29-25(33)23-16-24(32)31(17-18-7-4-3-5-8-18)27(36-23)30-22-10-6-9-20(28)15-22/h3-15,23H,2,16-17H2,1H3,(H,29,33). The number of nitrogens with one attached hydrogen (secondary N) is 1. The number of carbonyl (C=O) groups is 3. The van der Waals surface area contributed by atoms with Crippen molar-refractivity contribution >= 4 is 57.7 Å². The van der Waals surface area contributed by atoms with Gasteiger partial charge in [0.1, 0.15) is 5.25 Å². The molecule has 0 spiro atoms. The number of rotatable bonds is 7. The third-order valence-electron chi connectivity index (χ3n) is 5.31. The molecule has 36 heavy (non-hydrogen) atoms. The van der Waals surface area contributed by atoms with E-state index in [1.165, 1.54) is 11.8 Å². The van der Waals surface area contributed by atoms with Crippen LogP contribution in [-0.4, -0.2) is 39.7 Å². The summed E-state index contributed by atoms with van der Waals surface area (Å²) < 4.78 is 4.98. The predicted molar refractivity (Wildman–Crippen MR) is 143 cm³/mol. The lowest BCUT2D eigenvalue weighted by Gasteiger charge is -2.32. The van der Waals surface area contributed by atoms with Crippen LogP contribution in [0.3, 0.4) is 0 Å². The summed E-state index contributed by atoms with van der Waals surface area (Å²) in [5.74, 6) is -0.948. The van der Waals surface area contributed by atoms with Crippen molar-refractivity contribution in [3.8, 4) is 0 Å². The lowest BCUT2D eigenvalue weighted by atomic mass is 10.2.